The first-order chi connectivity index (χ1) is 20.0. The quantitative estimate of drug-likeness (QED) is 0.158. The molecule has 2 amide bonds. The summed E-state index contributed by atoms with van der Waals surface area (Å²) in [4.78, 5) is 44.0. The van der Waals surface area contributed by atoms with E-state index in [2.05, 4.69) is 29.4 Å². The lowest BCUT2D eigenvalue weighted by Gasteiger charge is -2.24. The van der Waals surface area contributed by atoms with Crippen molar-refractivity contribution in [1.82, 2.24) is 14.5 Å². The molecular formula is C32H52N4O5. The molecule has 230 valence electrons. The van der Waals surface area contributed by atoms with E-state index in [0.717, 1.165) is 32.1 Å². The second kappa shape index (κ2) is 18.8. The molecule has 2 aliphatic rings. The highest BCUT2D eigenvalue weighted by atomic mass is 16.5. The minimum Gasteiger partial charge on any atom is -0.394 e. The van der Waals surface area contributed by atoms with Crippen molar-refractivity contribution in [2.24, 2.45) is 0 Å². The Hall–Kier alpha value is -2.52. The lowest BCUT2D eigenvalue weighted by atomic mass is 10.1. The van der Waals surface area contributed by atoms with Crippen molar-refractivity contribution < 1.29 is 19.4 Å². The lowest BCUT2D eigenvalue weighted by molar-refractivity contribution is -0.136. The molecule has 2 fully saturated rings. The molecule has 0 aliphatic carbocycles. The molecule has 0 aromatic carbocycles. The highest BCUT2D eigenvalue weighted by Gasteiger charge is 2.34. The number of rotatable bonds is 19. The molecule has 2 saturated heterocycles. The van der Waals surface area contributed by atoms with E-state index in [1.165, 1.54) is 62.4 Å². The van der Waals surface area contributed by atoms with Gasteiger partial charge >= 0.3 is 5.69 Å². The van der Waals surface area contributed by atoms with Gasteiger partial charge in [-0.3, -0.25) is 14.2 Å². The highest BCUT2D eigenvalue weighted by molar-refractivity contribution is 5.96. The third-order valence-corrected chi connectivity index (χ3v) is 8.21. The van der Waals surface area contributed by atoms with E-state index in [1.807, 2.05) is 0 Å². The van der Waals surface area contributed by atoms with Gasteiger partial charge < -0.3 is 20.1 Å². The SMILES string of the molecule is CCCCCCCC/C=C/CCCCCCCC(=O)N1CCCC1C(=O)Nc1ccn(C2CCC(CO)O2)c(=O)n1. The summed E-state index contributed by atoms with van der Waals surface area (Å²) >= 11 is 0. The number of aliphatic hydroxyl groups excluding tert-OH is 1. The van der Waals surface area contributed by atoms with Crippen molar-refractivity contribution in [3.63, 3.8) is 0 Å². The number of anilines is 1. The van der Waals surface area contributed by atoms with E-state index >= 15 is 0 Å². The van der Waals surface area contributed by atoms with E-state index in [1.54, 1.807) is 17.2 Å². The number of likely N-dealkylation sites (tertiary alicyclic amines) is 1. The summed E-state index contributed by atoms with van der Waals surface area (Å²) in [6, 6.07) is 1.04. The van der Waals surface area contributed by atoms with Crippen LogP contribution in [0.5, 0.6) is 0 Å². The molecular weight excluding hydrogens is 520 g/mol. The maximum absolute atomic E-state index is 13.0. The summed E-state index contributed by atoms with van der Waals surface area (Å²) in [6.07, 6.45) is 24.4. The van der Waals surface area contributed by atoms with Gasteiger partial charge in [-0.2, -0.15) is 4.98 Å². The highest BCUT2D eigenvalue weighted by Crippen LogP contribution is 2.27. The molecule has 9 nitrogen and oxygen atoms in total. The average Bonchev–Trinajstić information content (AvgIpc) is 3.65. The summed E-state index contributed by atoms with van der Waals surface area (Å²) in [7, 11) is 0. The Morgan fingerprint density at radius 1 is 1.00 bits per heavy atom. The zero-order valence-corrected chi connectivity index (χ0v) is 25.1. The smallest absolute Gasteiger partial charge is 0.351 e. The largest absolute Gasteiger partial charge is 0.394 e. The Balaban J connectivity index is 1.29. The molecule has 1 aromatic rings. The van der Waals surface area contributed by atoms with Gasteiger partial charge in [-0.25, -0.2) is 4.79 Å². The number of hydrogen-bond donors (Lipinski definition) is 2. The van der Waals surface area contributed by atoms with Gasteiger partial charge in [-0.05, 0) is 63.9 Å². The van der Waals surface area contributed by atoms with Crippen LogP contribution in [0.1, 0.15) is 129 Å². The number of unbranched alkanes of at least 4 members (excludes halogenated alkanes) is 11. The molecule has 0 bridgehead atoms. The van der Waals surface area contributed by atoms with Crippen LogP contribution in [-0.4, -0.2) is 56.7 Å². The third kappa shape index (κ3) is 11.3. The molecule has 3 heterocycles. The Kier molecular flexibility index (Phi) is 15.1. The minimum absolute atomic E-state index is 0.0282. The molecule has 3 atom stereocenters. The molecule has 0 radical (unpaired) electrons. The minimum atomic E-state index is -0.529. The Bertz CT molecular complexity index is 1010. The number of ether oxygens (including phenoxy) is 1. The summed E-state index contributed by atoms with van der Waals surface area (Å²) in [5.41, 5.74) is -0.519. The third-order valence-electron chi connectivity index (χ3n) is 8.21. The Morgan fingerprint density at radius 2 is 1.68 bits per heavy atom. The molecule has 0 spiro atoms. The molecule has 3 unspecified atom stereocenters. The standard InChI is InChI=1S/C32H52N4O5/c1-2-3-4-5-6-7-8-9-10-11-12-13-14-15-16-19-29(38)35-23-17-18-27(35)31(39)33-28-22-24-36(32(40)34-28)30-21-20-26(25-37)41-30/h9-10,22,24,26-27,30,37H,2-8,11-21,23,25H2,1H3,(H,33,34,39,40)/b10-9+. The number of nitrogens with one attached hydrogen (secondary N) is 1. The fourth-order valence-corrected chi connectivity index (χ4v) is 5.77. The first-order valence-electron chi connectivity index (χ1n) is 16.1. The molecule has 41 heavy (non-hydrogen) atoms. The number of aromatic nitrogens is 2. The fourth-order valence-electron chi connectivity index (χ4n) is 5.77. The van der Waals surface area contributed by atoms with Gasteiger partial charge in [0.2, 0.25) is 11.8 Å². The monoisotopic (exact) mass is 572 g/mol. The Labute approximate surface area is 245 Å². The normalized spacial score (nSPS) is 20.7. The van der Waals surface area contributed by atoms with Crippen LogP contribution in [0, 0.1) is 0 Å². The van der Waals surface area contributed by atoms with E-state index in [9.17, 15) is 19.5 Å². The van der Waals surface area contributed by atoms with Gasteiger partial charge in [-0.1, -0.05) is 70.4 Å². The number of aliphatic hydroxyl groups is 1. The summed E-state index contributed by atoms with van der Waals surface area (Å²) < 4.78 is 7.03. The molecule has 1 aromatic heterocycles. The maximum Gasteiger partial charge on any atom is 0.351 e. The summed E-state index contributed by atoms with van der Waals surface area (Å²) in [5.74, 6) is -0.104. The number of allylic oxidation sites excluding steroid dienone is 2. The number of carbonyl (C=O) groups is 2. The van der Waals surface area contributed by atoms with Crippen molar-refractivity contribution in [3.05, 3.63) is 34.9 Å². The topological polar surface area (TPSA) is 114 Å². The summed E-state index contributed by atoms with van der Waals surface area (Å²) in [5, 5.41) is 12.0. The van der Waals surface area contributed by atoms with E-state index in [-0.39, 0.29) is 30.3 Å². The van der Waals surface area contributed by atoms with Crippen LogP contribution < -0.4 is 11.0 Å². The number of amides is 2. The van der Waals surface area contributed by atoms with Gasteiger partial charge in [0.15, 0.2) is 0 Å². The molecule has 0 saturated carbocycles. The van der Waals surface area contributed by atoms with Crippen molar-refractivity contribution in [2.45, 2.75) is 141 Å². The van der Waals surface area contributed by atoms with E-state index in [0.29, 0.717) is 32.2 Å². The lowest BCUT2D eigenvalue weighted by Crippen LogP contribution is -2.43. The zero-order chi connectivity index (χ0) is 29.3. The molecule has 2 aliphatic heterocycles. The van der Waals surface area contributed by atoms with E-state index < -0.39 is 18.0 Å². The number of nitrogens with zero attached hydrogens (tertiary/aromatic N) is 3. The van der Waals surface area contributed by atoms with Gasteiger partial charge in [-0.15, -0.1) is 0 Å². The van der Waals surface area contributed by atoms with Gasteiger partial charge in [0.25, 0.3) is 0 Å². The van der Waals surface area contributed by atoms with Crippen LogP contribution in [0.3, 0.4) is 0 Å². The Morgan fingerprint density at radius 3 is 2.34 bits per heavy atom. The van der Waals surface area contributed by atoms with Gasteiger partial charge in [0, 0.05) is 19.2 Å². The number of hydrogen-bond acceptors (Lipinski definition) is 6. The predicted octanol–water partition coefficient (Wildman–Crippen LogP) is 5.88. The van der Waals surface area contributed by atoms with Crippen molar-refractivity contribution in [1.29, 1.82) is 0 Å². The predicted molar refractivity (Wildman–Crippen MR) is 162 cm³/mol. The second-order valence-corrected chi connectivity index (χ2v) is 11.5. The fraction of sp³-hybridized carbons (Fsp3) is 0.750. The van der Waals surface area contributed by atoms with Crippen LogP contribution in [0.15, 0.2) is 29.2 Å². The second-order valence-electron chi connectivity index (χ2n) is 11.5. The van der Waals surface area contributed by atoms with E-state index in [4.69, 9.17) is 4.74 Å². The van der Waals surface area contributed by atoms with Crippen molar-refractivity contribution in [3.8, 4) is 0 Å². The number of carbonyl (C=O) groups excluding carboxylic acids is 2. The molecule has 9 heteroatoms. The van der Waals surface area contributed by atoms with Gasteiger partial charge in [0.05, 0.1) is 12.7 Å². The van der Waals surface area contributed by atoms with Gasteiger partial charge in [0.1, 0.15) is 18.1 Å². The molecule has 2 N–H and O–H groups in total. The van der Waals surface area contributed by atoms with Crippen molar-refractivity contribution in [2.75, 3.05) is 18.5 Å². The van der Waals surface area contributed by atoms with Crippen LogP contribution in [-0.2, 0) is 14.3 Å². The van der Waals surface area contributed by atoms with Crippen LogP contribution >= 0.6 is 0 Å². The van der Waals surface area contributed by atoms with Crippen LogP contribution in [0.25, 0.3) is 0 Å². The first kappa shape index (κ1) is 33.0. The van der Waals surface area contributed by atoms with Crippen LogP contribution in [0.4, 0.5) is 5.82 Å². The first-order valence-corrected chi connectivity index (χ1v) is 16.1. The van der Waals surface area contributed by atoms with Crippen LogP contribution in [0.2, 0.25) is 0 Å². The molecule has 3 rings (SSSR count). The zero-order valence-electron chi connectivity index (χ0n) is 25.1. The van der Waals surface area contributed by atoms with Crippen molar-refractivity contribution >= 4 is 17.6 Å². The summed E-state index contributed by atoms with van der Waals surface area (Å²) in [6.45, 7) is 2.76. The maximum atomic E-state index is 13.0. The average molecular weight is 573 g/mol.